The average Bonchev–Trinajstić information content (AvgIpc) is 3.24. The maximum atomic E-state index is 14.5. The minimum absolute atomic E-state index is 0.118. The lowest BCUT2D eigenvalue weighted by Gasteiger charge is -2.33. The van der Waals surface area contributed by atoms with Gasteiger partial charge in [-0.15, -0.1) is 11.3 Å². The molecule has 162 valence electrons. The van der Waals surface area contributed by atoms with Crippen molar-refractivity contribution in [3.05, 3.63) is 75.7 Å². The lowest BCUT2D eigenvalue weighted by atomic mass is 10.0. The second-order valence-electron chi connectivity index (χ2n) is 7.17. The fourth-order valence-electron chi connectivity index (χ4n) is 3.72. The summed E-state index contributed by atoms with van der Waals surface area (Å²) >= 11 is 1.66. The number of sulfonamides is 1. The van der Waals surface area contributed by atoms with Crippen LogP contribution in [0, 0.1) is 5.82 Å². The summed E-state index contributed by atoms with van der Waals surface area (Å²) in [6.45, 7) is 2.46. The van der Waals surface area contributed by atoms with Crippen LogP contribution in [0.25, 0.3) is 0 Å². The smallest absolute Gasteiger partial charge is 0.264 e. The lowest BCUT2D eigenvalue weighted by molar-refractivity contribution is 0.0679. The number of hydrogen-bond acceptors (Lipinski definition) is 5. The van der Waals surface area contributed by atoms with Gasteiger partial charge in [0.15, 0.2) is 0 Å². The quantitative estimate of drug-likeness (QED) is 0.610. The maximum Gasteiger partial charge on any atom is 0.264 e. The number of para-hydroxylation sites is 2. The summed E-state index contributed by atoms with van der Waals surface area (Å²) in [5, 5.41) is 2.00. The van der Waals surface area contributed by atoms with Gasteiger partial charge in [0.05, 0.1) is 18.8 Å². The highest BCUT2D eigenvalue weighted by atomic mass is 32.2. The normalized spacial score (nSPS) is 16.0. The summed E-state index contributed by atoms with van der Waals surface area (Å²) in [7, 11) is -2.88. The molecule has 0 radical (unpaired) electrons. The van der Waals surface area contributed by atoms with E-state index in [4.69, 9.17) is 4.74 Å². The van der Waals surface area contributed by atoms with E-state index < -0.39 is 20.7 Å². The van der Waals surface area contributed by atoms with E-state index in [1.54, 1.807) is 34.4 Å². The van der Waals surface area contributed by atoms with Crippen molar-refractivity contribution in [1.82, 2.24) is 4.90 Å². The van der Waals surface area contributed by atoms with Crippen LogP contribution >= 0.6 is 11.3 Å². The highest BCUT2D eigenvalue weighted by molar-refractivity contribution is 7.92. The van der Waals surface area contributed by atoms with Crippen LogP contribution in [0.4, 0.5) is 10.1 Å². The van der Waals surface area contributed by atoms with Crippen LogP contribution in [-0.4, -0.2) is 32.9 Å². The zero-order valence-corrected chi connectivity index (χ0v) is 18.6. The van der Waals surface area contributed by atoms with Gasteiger partial charge in [-0.2, -0.15) is 0 Å². The Morgan fingerprint density at radius 1 is 1.23 bits per heavy atom. The van der Waals surface area contributed by atoms with Crippen molar-refractivity contribution in [1.29, 1.82) is 0 Å². The van der Waals surface area contributed by atoms with Crippen molar-refractivity contribution in [3.63, 3.8) is 0 Å². The Morgan fingerprint density at radius 2 is 2.00 bits per heavy atom. The molecule has 0 bridgehead atoms. The fourth-order valence-corrected chi connectivity index (χ4v) is 5.86. The first-order valence-corrected chi connectivity index (χ1v) is 12.0. The Kier molecular flexibility index (Phi) is 5.72. The van der Waals surface area contributed by atoms with Crippen molar-refractivity contribution in [2.75, 3.05) is 18.4 Å². The molecule has 0 saturated carbocycles. The van der Waals surface area contributed by atoms with E-state index in [1.807, 2.05) is 18.4 Å². The zero-order valence-electron chi connectivity index (χ0n) is 17.0. The zero-order chi connectivity index (χ0) is 22.2. The summed E-state index contributed by atoms with van der Waals surface area (Å²) in [6.07, 6.45) is 0.741. The lowest BCUT2D eigenvalue weighted by Crippen LogP contribution is -2.38. The standard InChI is InChI=1S/C22H21FN2O4S2/c1-14-16-10-12-30-20(16)9-11-25(14)22(26)15-7-8-17(23)21(13-15)31(27,28)24-18-5-3-4-6-19(18)29-2/h3-8,10,12-14,24H,9,11H2,1-2H3/t14-/m0/s1. The number of nitrogens with zero attached hydrogens (tertiary/aromatic N) is 1. The average molecular weight is 461 g/mol. The molecule has 1 aliphatic rings. The monoisotopic (exact) mass is 460 g/mol. The van der Waals surface area contributed by atoms with Gasteiger partial charge in [-0.3, -0.25) is 9.52 Å². The van der Waals surface area contributed by atoms with E-state index in [1.165, 1.54) is 24.1 Å². The van der Waals surface area contributed by atoms with Gasteiger partial charge in [-0.05, 0) is 60.7 Å². The molecule has 9 heteroatoms. The molecule has 31 heavy (non-hydrogen) atoms. The predicted octanol–water partition coefficient (Wildman–Crippen LogP) is 4.46. The molecule has 0 aliphatic carbocycles. The Bertz CT molecular complexity index is 1240. The molecule has 2 heterocycles. The molecule has 0 saturated heterocycles. The third kappa shape index (κ3) is 4.03. The molecule has 1 aromatic heterocycles. The van der Waals surface area contributed by atoms with Crippen molar-refractivity contribution in [2.24, 2.45) is 0 Å². The number of thiophene rings is 1. The maximum absolute atomic E-state index is 14.5. The third-order valence-corrected chi connectivity index (χ3v) is 7.73. The largest absolute Gasteiger partial charge is 0.495 e. The second-order valence-corrected chi connectivity index (χ2v) is 9.83. The highest BCUT2D eigenvalue weighted by Gasteiger charge is 2.30. The van der Waals surface area contributed by atoms with Gasteiger partial charge in [0, 0.05) is 17.0 Å². The molecule has 2 aromatic carbocycles. The van der Waals surface area contributed by atoms with E-state index in [-0.39, 0.29) is 23.2 Å². The van der Waals surface area contributed by atoms with Crippen LogP contribution in [0.3, 0.4) is 0 Å². The first-order valence-electron chi connectivity index (χ1n) is 9.64. The number of rotatable bonds is 5. The van der Waals surface area contributed by atoms with E-state index in [0.717, 1.165) is 24.1 Å². The van der Waals surface area contributed by atoms with Crippen LogP contribution in [-0.2, 0) is 16.4 Å². The van der Waals surface area contributed by atoms with Gasteiger partial charge in [0.25, 0.3) is 15.9 Å². The Labute approximate surface area is 184 Å². The Balaban J connectivity index is 1.65. The molecule has 4 rings (SSSR count). The Morgan fingerprint density at radius 3 is 2.77 bits per heavy atom. The molecule has 3 aromatic rings. The number of halogens is 1. The van der Waals surface area contributed by atoms with E-state index in [9.17, 15) is 17.6 Å². The number of methoxy groups -OCH3 is 1. The minimum Gasteiger partial charge on any atom is -0.495 e. The van der Waals surface area contributed by atoms with Crippen LogP contribution in [0.5, 0.6) is 5.75 Å². The SMILES string of the molecule is COc1ccccc1NS(=O)(=O)c1cc(C(=O)N2CCc3sccc3[C@@H]2C)ccc1F. The summed E-state index contributed by atoms with van der Waals surface area (Å²) in [5.74, 6) is -0.976. The van der Waals surface area contributed by atoms with Crippen LogP contribution in [0.1, 0.15) is 33.8 Å². The number of anilines is 1. The summed E-state index contributed by atoms with van der Waals surface area (Å²) < 4.78 is 47.8. The number of carbonyl (C=O) groups is 1. The molecule has 0 fully saturated rings. The van der Waals surface area contributed by atoms with Crippen molar-refractivity contribution in [3.8, 4) is 5.75 Å². The van der Waals surface area contributed by atoms with Crippen LogP contribution in [0.15, 0.2) is 58.8 Å². The third-order valence-electron chi connectivity index (χ3n) is 5.36. The van der Waals surface area contributed by atoms with Crippen LogP contribution < -0.4 is 9.46 Å². The molecule has 1 atom stereocenters. The van der Waals surface area contributed by atoms with Gasteiger partial charge in [-0.1, -0.05) is 12.1 Å². The topological polar surface area (TPSA) is 75.7 Å². The van der Waals surface area contributed by atoms with Gasteiger partial charge in [0.1, 0.15) is 16.5 Å². The number of hydrogen-bond donors (Lipinski definition) is 1. The van der Waals surface area contributed by atoms with Crippen molar-refractivity contribution in [2.45, 2.75) is 24.3 Å². The summed E-state index contributed by atoms with van der Waals surface area (Å²) in [5.41, 5.74) is 1.39. The van der Waals surface area contributed by atoms with Crippen molar-refractivity contribution < 1.29 is 22.3 Å². The van der Waals surface area contributed by atoms with Gasteiger partial charge in [0.2, 0.25) is 0 Å². The van der Waals surface area contributed by atoms with E-state index >= 15 is 0 Å². The first-order chi connectivity index (χ1) is 14.8. The number of benzene rings is 2. The number of ether oxygens (including phenoxy) is 1. The number of fused-ring (bicyclic) bond motifs is 1. The van der Waals surface area contributed by atoms with E-state index in [2.05, 4.69) is 4.72 Å². The first kappa shape index (κ1) is 21.3. The molecule has 1 aliphatic heterocycles. The van der Waals surface area contributed by atoms with Crippen LogP contribution in [0.2, 0.25) is 0 Å². The van der Waals surface area contributed by atoms with Gasteiger partial charge in [-0.25, -0.2) is 12.8 Å². The molecule has 0 unspecified atom stereocenters. The fraction of sp³-hybridized carbons (Fsp3) is 0.227. The Hall–Kier alpha value is -2.91. The molecule has 1 amide bonds. The number of amides is 1. The highest BCUT2D eigenvalue weighted by Crippen LogP contribution is 2.34. The van der Waals surface area contributed by atoms with E-state index in [0.29, 0.717) is 12.3 Å². The molecular formula is C22H21FN2O4S2. The number of carbonyl (C=O) groups excluding carboxylic acids is 1. The number of nitrogens with one attached hydrogen (secondary N) is 1. The predicted molar refractivity (Wildman–Crippen MR) is 118 cm³/mol. The van der Waals surface area contributed by atoms with Crippen molar-refractivity contribution >= 4 is 33.0 Å². The summed E-state index contributed by atoms with van der Waals surface area (Å²) in [6, 6.07) is 11.7. The summed E-state index contributed by atoms with van der Waals surface area (Å²) in [4.78, 5) is 15.5. The van der Waals surface area contributed by atoms with Gasteiger partial charge >= 0.3 is 0 Å². The van der Waals surface area contributed by atoms with Gasteiger partial charge < -0.3 is 9.64 Å². The minimum atomic E-state index is -4.29. The molecular weight excluding hydrogens is 439 g/mol. The molecule has 6 nitrogen and oxygen atoms in total. The molecule has 0 spiro atoms. The second kappa shape index (κ2) is 8.32. The molecule has 1 N–H and O–H groups in total.